The average molecular weight is 934 g/mol. The number of benzene rings is 5. The summed E-state index contributed by atoms with van der Waals surface area (Å²) >= 11 is 0. The summed E-state index contributed by atoms with van der Waals surface area (Å²) in [6.07, 6.45) is 19.6. The van der Waals surface area contributed by atoms with Crippen LogP contribution in [0.3, 0.4) is 0 Å². The van der Waals surface area contributed by atoms with Gasteiger partial charge >= 0.3 is 0 Å². The van der Waals surface area contributed by atoms with Crippen molar-refractivity contribution >= 4 is 68.5 Å². The second-order valence-corrected chi connectivity index (χ2v) is 27.7. The Kier molecular flexibility index (Phi) is 8.45. The predicted molar refractivity (Wildman–Crippen MR) is 304 cm³/mol. The molecular formula is C67H76BN3. The Morgan fingerprint density at radius 2 is 1.24 bits per heavy atom. The molecule has 0 amide bonds. The first-order chi connectivity index (χ1) is 33.5. The standard InChI is InChI=1S/C67H76BN3/c1-38-32-39(2)56-60-55(38)65(13)29-19-21-31-67(65,15)71(60)52-37-43(70-50-27-24-41(61(4,5)6)35-48(50)64(12)28-18-20-30-66(64,70)14)36-51-57(52)68(56)49-26-25-47-54-53-44(22-16-17-23-46(53)63(47,10)11)45-34-42(62(7,8)9)33-40(3)58(45)69(51)59(49)54/h16-17,22-27,32-37,44H,18-21,28-31H2,1-15H3. The predicted octanol–water partition coefficient (Wildman–Crippen LogP) is 15.6. The van der Waals surface area contributed by atoms with Crippen LogP contribution in [0.25, 0.3) is 5.57 Å². The molecule has 5 aliphatic heterocycles. The second-order valence-electron chi connectivity index (χ2n) is 27.7. The van der Waals surface area contributed by atoms with E-state index in [1.165, 1.54) is 152 Å². The molecule has 0 aromatic heterocycles. The van der Waals surface area contributed by atoms with Crippen molar-refractivity contribution in [2.45, 2.75) is 199 Å². The Morgan fingerprint density at radius 1 is 0.563 bits per heavy atom. The van der Waals surface area contributed by atoms with Crippen LogP contribution in [0, 0.1) is 20.8 Å². The quantitative estimate of drug-likeness (QED) is 0.152. The third kappa shape index (κ3) is 5.10. The molecule has 362 valence electrons. The zero-order valence-electron chi connectivity index (χ0n) is 45.7. The number of aryl methyl sites for hydroxylation is 3. The zero-order chi connectivity index (χ0) is 49.6. The molecule has 71 heavy (non-hydrogen) atoms. The fraction of sp³-hybridized carbons (Fsp3) is 0.463. The van der Waals surface area contributed by atoms with Crippen LogP contribution in [0.15, 0.2) is 90.5 Å². The molecule has 4 aliphatic carbocycles. The molecule has 5 heterocycles. The van der Waals surface area contributed by atoms with Gasteiger partial charge in [-0.25, -0.2) is 0 Å². The van der Waals surface area contributed by atoms with Crippen LogP contribution in [0.2, 0.25) is 0 Å². The maximum absolute atomic E-state index is 3.01. The van der Waals surface area contributed by atoms with Crippen LogP contribution in [0.4, 0.5) is 39.8 Å². The fourth-order valence-electron chi connectivity index (χ4n) is 17.5. The topological polar surface area (TPSA) is 9.72 Å². The summed E-state index contributed by atoms with van der Waals surface area (Å²) < 4.78 is 0. The Morgan fingerprint density at radius 3 is 1.96 bits per heavy atom. The monoisotopic (exact) mass is 934 g/mol. The molecule has 14 rings (SSSR count). The van der Waals surface area contributed by atoms with Gasteiger partial charge in [0.15, 0.2) is 0 Å². The van der Waals surface area contributed by atoms with Crippen LogP contribution in [-0.2, 0) is 27.1 Å². The molecule has 0 N–H and O–H groups in total. The molecular weight excluding hydrogens is 858 g/mol. The summed E-state index contributed by atoms with van der Waals surface area (Å²) in [5.74, 6) is 0.119. The van der Waals surface area contributed by atoms with Gasteiger partial charge in [0.05, 0.1) is 16.8 Å². The molecule has 5 aromatic carbocycles. The van der Waals surface area contributed by atoms with Crippen molar-refractivity contribution in [3.05, 3.63) is 146 Å². The largest absolute Gasteiger partial charge is 0.335 e. The highest BCUT2D eigenvalue weighted by Gasteiger charge is 2.64. The molecule has 0 spiro atoms. The highest BCUT2D eigenvalue weighted by atomic mass is 15.3. The van der Waals surface area contributed by atoms with E-state index in [1.54, 1.807) is 22.3 Å². The summed E-state index contributed by atoms with van der Waals surface area (Å²) in [5.41, 5.74) is 32.0. The average Bonchev–Trinajstić information content (AvgIpc) is 3.57. The van der Waals surface area contributed by atoms with Crippen molar-refractivity contribution in [3.8, 4) is 0 Å². The van der Waals surface area contributed by atoms with E-state index in [0.717, 1.165) is 0 Å². The van der Waals surface area contributed by atoms with Gasteiger partial charge in [-0.1, -0.05) is 167 Å². The third-order valence-corrected chi connectivity index (χ3v) is 21.6. The number of allylic oxidation sites excluding steroid dienone is 6. The lowest BCUT2D eigenvalue weighted by atomic mass is 9.32. The lowest BCUT2D eigenvalue weighted by Crippen LogP contribution is -2.65. The van der Waals surface area contributed by atoms with E-state index < -0.39 is 0 Å². The minimum Gasteiger partial charge on any atom is -0.335 e. The van der Waals surface area contributed by atoms with Gasteiger partial charge in [0.2, 0.25) is 0 Å². The maximum Gasteiger partial charge on any atom is 0.252 e. The van der Waals surface area contributed by atoms with E-state index in [9.17, 15) is 0 Å². The summed E-state index contributed by atoms with van der Waals surface area (Å²) in [6, 6.07) is 26.1. The van der Waals surface area contributed by atoms with Gasteiger partial charge in [-0.15, -0.1) is 0 Å². The SMILES string of the molecule is Cc1cc(C)c2c3c1B1c4ccc5c6c4N(c4cc(N7c8ccc(C(C)(C)C)cc8C8(C)CCCCC78C)cc(c41)N3C1(C)CCCCC21C)c1c(C)cc(C(C)(C)C)cc1C1C=CC=CC(=C61)C5(C)C. The summed E-state index contributed by atoms with van der Waals surface area (Å²) in [6.45, 7) is 37.4. The Bertz CT molecular complexity index is 3400. The molecule has 5 atom stereocenters. The number of anilines is 7. The molecule has 0 bridgehead atoms. The fourth-order valence-corrected chi connectivity index (χ4v) is 17.5. The van der Waals surface area contributed by atoms with Crippen molar-refractivity contribution in [1.29, 1.82) is 0 Å². The molecule has 5 unspecified atom stereocenters. The minimum absolute atomic E-state index is 0.00674. The van der Waals surface area contributed by atoms with Gasteiger partial charge in [0.25, 0.3) is 6.71 Å². The Labute approximate surface area is 426 Å². The normalized spacial score (nSPS) is 28.5. The van der Waals surface area contributed by atoms with E-state index >= 15 is 0 Å². The smallest absolute Gasteiger partial charge is 0.252 e. The first kappa shape index (κ1) is 44.5. The summed E-state index contributed by atoms with van der Waals surface area (Å²) in [5, 5.41) is 0. The van der Waals surface area contributed by atoms with Crippen LogP contribution in [0.1, 0.15) is 196 Å². The van der Waals surface area contributed by atoms with E-state index in [1.807, 2.05) is 0 Å². The van der Waals surface area contributed by atoms with Crippen LogP contribution < -0.4 is 31.1 Å². The first-order valence-electron chi connectivity index (χ1n) is 27.8. The lowest BCUT2D eigenvalue weighted by molar-refractivity contribution is 0.193. The molecule has 2 fully saturated rings. The van der Waals surface area contributed by atoms with E-state index in [-0.39, 0.29) is 50.8 Å². The van der Waals surface area contributed by atoms with Gasteiger partial charge in [-0.3, -0.25) is 0 Å². The number of rotatable bonds is 1. The van der Waals surface area contributed by atoms with Crippen LogP contribution >= 0.6 is 0 Å². The summed E-state index contributed by atoms with van der Waals surface area (Å²) in [7, 11) is 0. The van der Waals surface area contributed by atoms with E-state index in [2.05, 4.69) is 204 Å². The third-order valence-electron chi connectivity index (χ3n) is 21.6. The minimum atomic E-state index is -0.151. The number of hydrogen-bond acceptors (Lipinski definition) is 3. The zero-order valence-corrected chi connectivity index (χ0v) is 45.7. The van der Waals surface area contributed by atoms with Crippen molar-refractivity contribution in [1.82, 2.24) is 0 Å². The number of hydrogen-bond donors (Lipinski definition) is 0. The molecule has 0 radical (unpaired) electrons. The first-order valence-corrected chi connectivity index (χ1v) is 27.8. The molecule has 0 saturated heterocycles. The van der Waals surface area contributed by atoms with Crippen LogP contribution in [0.5, 0.6) is 0 Å². The van der Waals surface area contributed by atoms with Crippen molar-refractivity contribution in [2.75, 3.05) is 14.7 Å². The Balaban J connectivity index is 1.17. The molecule has 5 aromatic rings. The van der Waals surface area contributed by atoms with Gasteiger partial charge in [-0.05, 0) is 161 Å². The summed E-state index contributed by atoms with van der Waals surface area (Å²) in [4.78, 5) is 8.81. The molecule has 3 nitrogen and oxygen atoms in total. The number of fused-ring (bicyclic) bond motifs is 13. The van der Waals surface area contributed by atoms with Crippen molar-refractivity contribution in [3.63, 3.8) is 0 Å². The Hall–Kier alpha value is -5.22. The lowest BCUT2D eigenvalue weighted by Gasteiger charge is -2.54. The van der Waals surface area contributed by atoms with Crippen molar-refractivity contribution in [2.24, 2.45) is 0 Å². The highest BCUT2D eigenvalue weighted by Crippen LogP contribution is 2.67. The highest BCUT2D eigenvalue weighted by molar-refractivity contribution is 7.00. The van der Waals surface area contributed by atoms with E-state index in [4.69, 9.17) is 0 Å². The van der Waals surface area contributed by atoms with E-state index in [0.29, 0.717) is 0 Å². The molecule has 9 aliphatic rings. The second kappa shape index (κ2) is 13.5. The van der Waals surface area contributed by atoms with Crippen LogP contribution in [-0.4, -0.2) is 17.8 Å². The number of nitrogens with zero attached hydrogens (tertiary/aromatic N) is 3. The van der Waals surface area contributed by atoms with Gasteiger partial charge in [0, 0.05) is 61.9 Å². The van der Waals surface area contributed by atoms with Gasteiger partial charge in [0.1, 0.15) is 0 Å². The van der Waals surface area contributed by atoms with Gasteiger partial charge < -0.3 is 14.7 Å². The molecule has 4 heteroatoms. The van der Waals surface area contributed by atoms with Gasteiger partial charge in [-0.2, -0.15) is 0 Å². The van der Waals surface area contributed by atoms with Crippen molar-refractivity contribution < 1.29 is 0 Å². The molecule has 2 saturated carbocycles. The maximum atomic E-state index is 3.01.